The predicted octanol–water partition coefficient (Wildman–Crippen LogP) is 0.0199. The molecule has 0 aromatic carbocycles. The van der Waals surface area contributed by atoms with Gasteiger partial charge in [0.15, 0.2) is 0 Å². The molecule has 1 fully saturated rings. The molecule has 1 aliphatic rings. The van der Waals surface area contributed by atoms with Crippen molar-refractivity contribution in [3.8, 4) is 0 Å². The first-order valence-electron chi connectivity index (χ1n) is 4.75. The lowest BCUT2D eigenvalue weighted by molar-refractivity contribution is 0.299. The summed E-state index contributed by atoms with van der Waals surface area (Å²) in [6, 6.07) is 0.489. The fraction of sp³-hybridized carbons (Fsp3) is 1.00. The Labute approximate surface area is 80.4 Å². The van der Waals surface area contributed by atoms with Crippen LogP contribution in [0.1, 0.15) is 19.8 Å². The Morgan fingerprint density at radius 2 is 1.92 bits per heavy atom. The summed E-state index contributed by atoms with van der Waals surface area (Å²) in [6.07, 6.45) is 1.85. The quantitative estimate of drug-likeness (QED) is 0.708. The maximum Gasteiger partial charge on any atom is 0.213 e. The number of piperidine rings is 1. The second-order valence-corrected chi connectivity index (χ2v) is 5.62. The molecule has 0 amide bonds. The van der Waals surface area contributed by atoms with E-state index in [9.17, 15) is 8.42 Å². The Morgan fingerprint density at radius 1 is 1.38 bits per heavy atom. The smallest absolute Gasteiger partial charge is 0.213 e. The first-order valence-corrected chi connectivity index (χ1v) is 6.36. The van der Waals surface area contributed by atoms with E-state index in [1.807, 2.05) is 7.05 Å². The summed E-state index contributed by atoms with van der Waals surface area (Å²) in [6.45, 7) is 3.03. The second kappa shape index (κ2) is 4.39. The fourth-order valence-corrected chi connectivity index (χ4v) is 2.74. The molecule has 1 saturated heterocycles. The van der Waals surface area contributed by atoms with Gasteiger partial charge in [-0.15, -0.1) is 0 Å². The molecular formula is C8H18N2O2S. The molecule has 0 aromatic heterocycles. The molecule has 4 nitrogen and oxygen atoms in total. The molecule has 0 bridgehead atoms. The summed E-state index contributed by atoms with van der Waals surface area (Å²) in [7, 11) is -1.02. The lowest BCUT2D eigenvalue weighted by Crippen LogP contribution is -2.44. The van der Waals surface area contributed by atoms with Crippen LogP contribution in [0.25, 0.3) is 0 Å². The predicted molar refractivity (Wildman–Crippen MR) is 53.1 cm³/mol. The number of hydrogen-bond donors (Lipinski definition) is 1. The summed E-state index contributed by atoms with van der Waals surface area (Å²) in [5.74, 6) is 0.219. The van der Waals surface area contributed by atoms with E-state index in [1.165, 1.54) is 0 Å². The van der Waals surface area contributed by atoms with Gasteiger partial charge in [-0.1, -0.05) is 0 Å². The SMILES string of the molecule is CCS(=O)(=O)N1CCC(NC)CC1. The molecule has 1 N–H and O–H groups in total. The van der Waals surface area contributed by atoms with E-state index < -0.39 is 10.0 Å². The van der Waals surface area contributed by atoms with Gasteiger partial charge < -0.3 is 5.32 Å². The lowest BCUT2D eigenvalue weighted by Gasteiger charge is -2.30. The van der Waals surface area contributed by atoms with Crippen molar-refractivity contribution in [2.45, 2.75) is 25.8 Å². The van der Waals surface area contributed by atoms with Crippen molar-refractivity contribution < 1.29 is 8.42 Å². The van der Waals surface area contributed by atoms with E-state index in [2.05, 4.69) is 5.32 Å². The van der Waals surface area contributed by atoms with Crippen molar-refractivity contribution >= 4 is 10.0 Å². The highest BCUT2D eigenvalue weighted by Gasteiger charge is 2.25. The Hall–Kier alpha value is -0.130. The number of rotatable bonds is 3. The van der Waals surface area contributed by atoms with Gasteiger partial charge in [-0.25, -0.2) is 12.7 Å². The Morgan fingerprint density at radius 3 is 2.31 bits per heavy atom. The van der Waals surface area contributed by atoms with Gasteiger partial charge in [0.05, 0.1) is 5.75 Å². The topological polar surface area (TPSA) is 49.4 Å². The summed E-state index contributed by atoms with van der Waals surface area (Å²) >= 11 is 0. The van der Waals surface area contributed by atoms with E-state index in [0.29, 0.717) is 19.1 Å². The van der Waals surface area contributed by atoms with Gasteiger partial charge in [-0.2, -0.15) is 0 Å². The van der Waals surface area contributed by atoms with Crippen LogP contribution in [0.4, 0.5) is 0 Å². The monoisotopic (exact) mass is 206 g/mol. The van der Waals surface area contributed by atoms with Crippen LogP contribution >= 0.6 is 0 Å². The Balaban J connectivity index is 2.50. The molecule has 0 saturated carbocycles. The van der Waals surface area contributed by atoms with E-state index in [0.717, 1.165) is 12.8 Å². The Kier molecular flexibility index (Phi) is 3.70. The number of nitrogens with zero attached hydrogens (tertiary/aromatic N) is 1. The first-order chi connectivity index (χ1) is 6.10. The molecule has 13 heavy (non-hydrogen) atoms. The molecule has 1 aliphatic heterocycles. The van der Waals surface area contributed by atoms with Gasteiger partial charge in [0, 0.05) is 19.1 Å². The average Bonchev–Trinajstić information content (AvgIpc) is 2.18. The van der Waals surface area contributed by atoms with E-state index >= 15 is 0 Å². The lowest BCUT2D eigenvalue weighted by atomic mass is 10.1. The minimum absolute atomic E-state index is 0.219. The molecular weight excluding hydrogens is 188 g/mol. The molecule has 0 atom stereocenters. The fourth-order valence-electron chi connectivity index (χ4n) is 1.61. The molecule has 0 aliphatic carbocycles. The van der Waals surface area contributed by atoms with Crippen molar-refractivity contribution in [2.75, 3.05) is 25.9 Å². The van der Waals surface area contributed by atoms with Crippen LogP contribution in [0.2, 0.25) is 0 Å². The van der Waals surface area contributed by atoms with Gasteiger partial charge in [0.1, 0.15) is 0 Å². The molecule has 78 valence electrons. The molecule has 1 heterocycles. The molecule has 0 unspecified atom stereocenters. The highest BCUT2D eigenvalue weighted by Crippen LogP contribution is 2.13. The van der Waals surface area contributed by atoms with Gasteiger partial charge in [-0.05, 0) is 26.8 Å². The third-order valence-electron chi connectivity index (χ3n) is 2.62. The third-order valence-corrected chi connectivity index (χ3v) is 4.50. The summed E-state index contributed by atoms with van der Waals surface area (Å²) in [5.41, 5.74) is 0. The van der Waals surface area contributed by atoms with Crippen molar-refractivity contribution in [3.05, 3.63) is 0 Å². The standard InChI is InChI=1S/C8H18N2O2S/c1-3-13(11,12)10-6-4-8(9-2)5-7-10/h8-9H,3-7H2,1-2H3. The van der Waals surface area contributed by atoms with Crippen molar-refractivity contribution in [2.24, 2.45) is 0 Å². The molecule has 1 rings (SSSR count). The van der Waals surface area contributed by atoms with Crippen LogP contribution in [0.3, 0.4) is 0 Å². The highest BCUT2D eigenvalue weighted by atomic mass is 32.2. The average molecular weight is 206 g/mol. The maximum absolute atomic E-state index is 11.5. The van der Waals surface area contributed by atoms with Gasteiger partial charge >= 0.3 is 0 Å². The zero-order valence-electron chi connectivity index (χ0n) is 8.28. The van der Waals surface area contributed by atoms with E-state index in [1.54, 1.807) is 11.2 Å². The van der Waals surface area contributed by atoms with Crippen molar-refractivity contribution in [1.29, 1.82) is 0 Å². The highest BCUT2D eigenvalue weighted by molar-refractivity contribution is 7.89. The zero-order chi connectivity index (χ0) is 9.90. The molecule has 0 spiro atoms. The van der Waals surface area contributed by atoms with Crippen molar-refractivity contribution in [3.63, 3.8) is 0 Å². The van der Waals surface area contributed by atoms with Crippen LogP contribution in [0.15, 0.2) is 0 Å². The van der Waals surface area contributed by atoms with E-state index in [4.69, 9.17) is 0 Å². The summed E-state index contributed by atoms with van der Waals surface area (Å²) in [4.78, 5) is 0. The van der Waals surface area contributed by atoms with Crippen LogP contribution in [0, 0.1) is 0 Å². The van der Waals surface area contributed by atoms with Crippen LogP contribution in [0.5, 0.6) is 0 Å². The van der Waals surface area contributed by atoms with Crippen LogP contribution < -0.4 is 5.32 Å². The third kappa shape index (κ3) is 2.65. The minimum atomic E-state index is -2.95. The number of sulfonamides is 1. The second-order valence-electron chi connectivity index (χ2n) is 3.36. The molecule has 0 aromatic rings. The zero-order valence-corrected chi connectivity index (χ0v) is 9.10. The van der Waals surface area contributed by atoms with Crippen molar-refractivity contribution in [1.82, 2.24) is 9.62 Å². The number of nitrogens with one attached hydrogen (secondary N) is 1. The van der Waals surface area contributed by atoms with Gasteiger partial charge in [0.25, 0.3) is 0 Å². The first kappa shape index (κ1) is 10.9. The number of hydrogen-bond acceptors (Lipinski definition) is 3. The van der Waals surface area contributed by atoms with Crippen LogP contribution in [-0.4, -0.2) is 44.7 Å². The van der Waals surface area contributed by atoms with E-state index in [-0.39, 0.29) is 5.75 Å². The maximum atomic E-state index is 11.5. The van der Waals surface area contributed by atoms with Gasteiger partial charge in [0.2, 0.25) is 10.0 Å². The molecule has 0 radical (unpaired) electrons. The summed E-state index contributed by atoms with van der Waals surface area (Å²) in [5, 5.41) is 3.17. The van der Waals surface area contributed by atoms with Gasteiger partial charge in [-0.3, -0.25) is 0 Å². The largest absolute Gasteiger partial charge is 0.317 e. The molecule has 5 heteroatoms. The normalized spacial score (nSPS) is 22.0. The minimum Gasteiger partial charge on any atom is -0.317 e. The Bertz CT molecular complexity index is 243. The summed E-state index contributed by atoms with van der Waals surface area (Å²) < 4.78 is 24.5. The van der Waals surface area contributed by atoms with Crippen LogP contribution in [-0.2, 0) is 10.0 Å².